The number of aromatic nitrogens is 2. The van der Waals surface area contributed by atoms with Crippen molar-refractivity contribution in [1.29, 1.82) is 0 Å². The Labute approximate surface area is 195 Å². The fraction of sp³-hybridized carbons (Fsp3) is 0.542. The van der Waals surface area contributed by atoms with Gasteiger partial charge in [0.1, 0.15) is 5.82 Å². The van der Waals surface area contributed by atoms with Crippen molar-refractivity contribution >= 4 is 17.7 Å². The summed E-state index contributed by atoms with van der Waals surface area (Å²) in [6.07, 6.45) is -1.54. The smallest absolute Gasteiger partial charge is 0.395 e. The highest BCUT2D eigenvalue weighted by Crippen LogP contribution is 2.65. The molecule has 7 nitrogen and oxygen atoms in total. The third kappa shape index (κ3) is 3.77. The summed E-state index contributed by atoms with van der Waals surface area (Å²) < 4.78 is 40.2. The maximum absolute atomic E-state index is 13.4. The number of nitrogens with one attached hydrogen (secondary N) is 2. The Hall–Kier alpha value is -2.88. The van der Waals surface area contributed by atoms with Crippen LogP contribution in [0.25, 0.3) is 0 Å². The zero-order chi connectivity index (χ0) is 24.3. The van der Waals surface area contributed by atoms with E-state index in [0.29, 0.717) is 42.0 Å². The van der Waals surface area contributed by atoms with Gasteiger partial charge < -0.3 is 20.6 Å². The van der Waals surface area contributed by atoms with Crippen molar-refractivity contribution in [3.63, 3.8) is 0 Å². The third-order valence-corrected chi connectivity index (χ3v) is 7.46. The van der Waals surface area contributed by atoms with Crippen LogP contribution in [0.3, 0.4) is 0 Å². The lowest BCUT2D eigenvalue weighted by molar-refractivity contribution is -0.177. The SMILES string of the molecule is Cc1c([C@@H](C)Nc2nc(NCCO)nc3c2CN(C(=O)C24CC(C2)C4)C3)cccc1C(F)(F)F. The fourth-order valence-electron chi connectivity index (χ4n) is 5.55. The maximum atomic E-state index is 13.4. The lowest BCUT2D eigenvalue weighted by Crippen LogP contribution is -2.60. The number of rotatable bonds is 7. The normalized spacial score (nSPS) is 23.6. The molecule has 6 rings (SSSR count). The van der Waals surface area contributed by atoms with Gasteiger partial charge in [-0.05, 0) is 56.2 Å². The molecule has 4 aliphatic rings. The molecule has 1 aliphatic heterocycles. The lowest BCUT2D eigenvalue weighted by Gasteiger charge is -2.61. The second-order valence-corrected chi connectivity index (χ2v) is 9.77. The molecule has 0 radical (unpaired) electrons. The summed E-state index contributed by atoms with van der Waals surface area (Å²) in [5.41, 5.74) is 1.32. The maximum Gasteiger partial charge on any atom is 0.416 e. The molecule has 34 heavy (non-hydrogen) atoms. The molecule has 1 aromatic heterocycles. The minimum absolute atomic E-state index is 0.0999. The van der Waals surface area contributed by atoms with Crippen molar-refractivity contribution in [3.8, 4) is 0 Å². The van der Waals surface area contributed by atoms with Gasteiger partial charge in [-0.15, -0.1) is 0 Å². The number of anilines is 2. The summed E-state index contributed by atoms with van der Waals surface area (Å²) >= 11 is 0. The minimum atomic E-state index is -4.43. The molecule has 2 aromatic rings. The number of hydrogen-bond donors (Lipinski definition) is 3. The van der Waals surface area contributed by atoms with E-state index in [4.69, 9.17) is 0 Å². The highest BCUT2D eigenvalue weighted by molar-refractivity contribution is 5.86. The van der Waals surface area contributed by atoms with Gasteiger partial charge in [0.05, 0.1) is 42.4 Å². The molecule has 3 fully saturated rings. The van der Waals surface area contributed by atoms with Crippen LogP contribution >= 0.6 is 0 Å². The van der Waals surface area contributed by atoms with Crippen LogP contribution in [-0.4, -0.2) is 39.0 Å². The lowest BCUT2D eigenvalue weighted by atomic mass is 9.44. The van der Waals surface area contributed by atoms with Gasteiger partial charge in [0.2, 0.25) is 11.9 Å². The van der Waals surface area contributed by atoms with Gasteiger partial charge in [0, 0.05) is 12.1 Å². The highest BCUT2D eigenvalue weighted by Gasteiger charge is 2.62. The zero-order valence-corrected chi connectivity index (χ0v) is 19.2. The van der Waals surface area contributed by atoms with Crippen molar-refractivity contribution < 1.29 is 23.1 Å². The molecular formula is C24H28F3N5O2. The number of carbonyl (C=O) groups is 1. The van der Waals surface area contributed by atoms with Gasteiger partial charge >= 0.3 is 6.18 Å². The van der Waals surface area contributed by atoms with Crippen molar-refractivity contribution in [2.75, 3.05) is 23.8 Å². The average molecular weight is 476 g/mol. The van der Waals surface area contributed by atoms with E-state index in [1.54, 1.807) is 13.0 Å². The number of halogens is 3. The summed E-state index contributed by atoms with van der Waals surface area (Å²) in [4.78, 5) is 24.1. The van der Waals surface area contributed by atoms with Crippen LogP contribution in [0.1, 0.15) is 60.2 Å². The molecule has 2 heterocycles. The second kappa shape index (κ2) is 8.11. The van der Waals surface area contributed by atoms with Crippen LogP contribution in [0.4, 0.5) is 24.9 Å². The summed E-state index contributed by atoms with van der Waals surface area (Å²) in [6, 6.07) is 3.70. The van der Waals surface area contributed by atoms with E-state index in [9.17, 15) is 23.1 Å². The van der Waals surface area contributed by atoms with Crippen LogP contribution in [0.2, 0.25) is 0 Å². The van der Waals surface area contributed by atoms with E-state index >= 15 is 0 Å². The van der Waals surface area contributed by atoms with Crippen molar-refractivity contribution in [2.45, 2.75) is 58.4 Å². The first-order valence-corrected chi connectivity index (χ1v) is 11.6. The van der Waals surface area contributed by atoms with Crippen LogP contribution < -0.4 is 10.6 Å². The summed E-state index contributed by atoms with van der Waals surface area (Å²) in [5, 5.41) is 15.4. The highest BCUT2D eigenvalue weighted by atomic mass is 19.4. The number of fused-ring (bicyclic) bond motifs is 1. The number of aliphatic hydroxyl groups is 1. The minimum Gasteiger partial charge on any atom is -0.395 e. The number of carbonyl (C=O) groups excluding carboxylic acids is 1. The molecule has 0 spiro atoms. The first kappa shape index (κ1) is 22.9. The summed E-state index contributed by atoms with van der Waals surface area (Å²) in [7, 11) is 0. The number of hydrogen-bond acceptors (Lipinski definition) is 6. The van der Waals surface area contributed by atoms with Gasteiger partial charge in [0.25, 0.3) is 0 Å². The quantitative estimate of drug-likeness (QED) is 0.561. The third-order valence-electron chi connectivity index (χ3n) is 7.46. The average Bonchev–Trinajstić information content (AvgIpc) is 3.13. The van der Waals surface area contributed by atoms with Gasteiger partial charge in [-0.25, -0.2) is 4.98 Å². The van der Waals surface area contributed by atoms with Crippen molar-refractivity contribution in [2.24, 2.45) is 11.3 Å². The monoisotopic (exact) mass is 475 g/mol. The molecule has 0 unspecified atom stereocenters. The largest absolute Gasteiger partial charge is 0.416 e. The fourth-order valence-corrected chi connectivity index (χ4v) is 5.55. The van der Waals surface area contributed by atoms with Crippen LogP contribution in [-0.2, 0) is 24.1 Å². The summed E-state index contributed by atoms with van der Waals surface area (Å²) in [5.74, 6) is 1.65. The van der Waals surface area contributed by atoms with Crippen molar-refractivity contribution in [1.82, 2.24) is 14.9 Å². The number of aliphatic hydroxyl groups excluding tert-OH is 1. The van der Waals surface area contributed by atoms with Gasteiger partial charge in [-0.2, -0.15) is 18.2 Å². The molecule has 10 heteroatoms. The molecule has 1 aromatic carbocycles. The number of nitrogens with zero attached hydrogens (tertiary/aromatic N) is 3. The summed E-state index contributed by atoms with van der Waals surface area (Å²) in [6.45, 7) is 4.17. The van der Waals surface area contributed by atoms with E-state index in [2.05, 4.69) is 20.6 Å². The molecule has 0 saturated heterocycles. The van der Waals surface area contributed by atoms with Gasteiger partial charge in [-0.1, -0.05) is 12.1 Å². The van der Waals surface area contributed by atoms with Crippen LogP contribution in [0.5, 0.6) is 0 Å². The number of amides is 1. The van der Waals surface area contributed by atoms with E-state index in [0.717, 1.165) is 30.9 Å². The Morgan fingerprint density at radius 2 is 2.00 bits per heavy atom. The van der Waals surface area contributed by atoms with Crippen LogP contribution in [0, 0.1) is 18.3 Å². The van der Waals surface area contributed by atoms with E-state index < -0.39 is 17.8 Å². The Morgan fingerprint density at radius 3 is 2.62 bits per heavy atom. The molecule has 3 N–H and O–H groups in total. The van der Waals surface area contributed by atoms with Crippen molar-refractivity contribution in [3.05, 3.63) is 46.1 Å². The molecule has 1 atom stereocenters. The molecule has 2 bridgehead atoms. The molecule has 3 saturated carbocycles. The molecular weight excluding hydrogens is 447 g/mol. The molecule has 1 amide bonds. The first-order valence-electron chi connectivity index (χ1n) is 11.6. The predicted molar refractivity (Wildman–Crippen MR) is 120 cm³/mol. The topological polar surface area (TPSA) is 90.4 Å². The Morgan fingerprint density at radius 1 is 1.26 bits per heavy atom. The number of benzene rings is 1. The van der Waals surface area contributed by atoms with Gasteiger partial charge in [-0.3, -0.25) is 4.79 Å². The second-order valence-electron chi connectivity index (χ2n) is 9.77. The van der Waals surface area contributed by atoms with Gasteiger partial charge in [0.15, 0.2) is 0 Å². The number of alkyl halides is 3. The van der Waals surface area contributed by atoms with Crippen LogP contribution in [0.15, 0.2) is 18.2 Å². The van der Waals surface area contributed by atoms with E-state index in [1.165, 1.54) is 13.0 Å². The Balaban J connectivity index is 1.43. The Bertz CT molecular complexity index is 1120. The zero-order valence-electron chi connectivity index (χ0n) is 19.2. The molecule has 3 aliphatic carbocycles. The molecule has 182 valence electrons. The van der Waals surface area contributed by atoms with E-state index in [1.807, 2.05) is 4.90 Å². The predicted octanol–water partition coefficient (Wildman–Crippen LogP) is 4.02. The van der Waals surface area contributed by atoms with E-state index in [-0.39, 0.29) is 30.0 Å². The Kier molecular flexibility index (Phi) is 5.46. The standard InChI is InChI=1S/C24H28F3N5O2/c1-13-16(4-3-5-18(13)24(25,26)27)14(2)29-20-17-11-32(21(34)23-8-15(9-23)10-23)12-19(17)30-22(31-20)28-6-7-33/h3-5,14-15,33H,6-12H2,1-2H3,(H2,28,29,30,31)/t14-,15?,23?/m1/s1. The first-order chi connectivity index (χ1) is 16.1.